The molecule has 0 aliphatic carbocycles. The predicted molar refractivity (Wildman–Crippen MR) is 106 cm³/mol. The van der Waals surface area contributed by atoms with Gasteiger partial charge in [-0.25, -0.2) is 9.97 Å². The van der Waals surface area contributed by atoms with Crippen LogP contribution in [-0.4, -0.2) is 35.7 Å². The van der Waals surface area contributed by atoms with Gasteiger partial charge >= 0.3 is 0 Å². The van der Waals surface area contributed by atoms with Crippen LogP contribution in [0.2, 0.25) is 0 Å². The predicted octanol–water partition coefficient (Wildman–Crippen LogP) is 3.67. The van der Waals surface area contributed by atoms with E-state index in [9.17, 15) is 4.79 Å². The van der Waals surface area contributed by atoms with Gasteiger partial charge in [-0.15, -0.1) is 0 Å². The van der Waals surface area contributed by atoms with E-state index in [1.807, 2.05) is 32.9 Å². The summed E-state index contributed by atoms with van der Waals surface area (Å²) in [5.41, 5.74) is 4.27. The highest BCUT2D eigenvalue weighted by atomic mass is 16.6. The van der Waals surface area contributed by atoms with E-state index in [-0.39, 0.29) is 11.6 Å². The molecule has 1 aliphatic heterocycles. The molecule has 28 heavy (non-hydrogen) atoms. The summed E-state index contributed by atoms with van der Waals surface area (Å²) < 4.78 is 16.7. The zero-order valence-corrected chi connectivity index (χ0v) is 16.0. The van der Waals surface area contributed by atoms with E-state index in [0.29, 0.717) is 48.0 Å². The summed E-state index contributed by atoms with van der Waals surface area (Å²) in [6.07, 6.45) is 0. The normalized spacial score (nSPS) is 12.7. The van der Waals surface area contributed by atoms with Gasteiger partial charge in [0.2, 0.25) is 5.88 Å². The lowest BCUT2D eigenvalue weighted by Gasteiger charge is -2.19. The number of carbonyl (C=O) groups excluding carboxylic acids is 1. The molecule has 0 unspecified atom stereocenters. The van der Waals surface area contributed by atoms with Crippen LogP contribution in [-0.2, 0) is 0 Å². The highest BCUT2D eigenvalue weighted by Crippen LogP contribution is 2.33. The molecule has 7 heteroatoms. The number of fused-ring (bicyclic) bond motifs is 2. The second-order valence-corrected chi connectivity index (χ2v) is 6.55. The van der Waals surface area contributed by atoms with Crippen LogP contribution in [0.3, 0.4) is 0 Å². The molecule has 2 aromatic carbocycles. The Kier molecular flexibility index (Phi) is 4.73. The van der Waals surface area contributed by atoms with Crippen molar-refractivity contribution < 1.29 is 19.0 Å². The molecule has 7 nitrogen and oxygen atoms in total. The third-order valence-electron chi connectivity index (χ3n) is 4.54. The first kappa shape index (κ1) is 18.0. The largest absolute Gasteiger partial charge is 0.486 e. The number of nitrogens with zero attached hydrogens (tertiary/aromatic N) is 2. The maximum absolute atomic E-state index is 12.9. The van der Waals surface area contributed by atoms with Crippen LogP contribution in [0.5, 0.6) is 17.4 Å². The summed E-state index contributed by atoms with van der Waals surface area (Å²) in [7, 11) is 0. The van der Waals surface area contributed by atoms with E-state index >= 15 is 0 Å². The number of carbonyl (C=O) groups is 1. The van der Waals surface area contributed by atoms with E-state index in [0.717, 1.165) is 11.1 Å². The molecule has 144 valence electrons. The van der Waals surface area contributed by atoms with Gasteiger partial charge in [0, 0.05) is 11.8 Å². The first-order valence-electron chi connectivity index (χ1n) is 9.18. The van der Waals surface area contributed by atoms with Crippen molar-refractivity contribution >= 4 is 22.6 Å². The average molecular weight is 379 g/mol. The maximum atomic E-state index is 12.9. The molecule has 0 spiro atoms. The molecule has 1 N–H and O–H groups in total. The van der Waals surface area contributed by atoms with Crippen LogP contribution >= 0.6 is 0 Å². The standard InChI is InChI=1S/C21H21N3O4/c1-4-26-21-19(23-15-9-12(2)13(3)10-16(15)24-21)20(25)22-14-5-6-17-18(11-14)28-8-7-27-17/h5-6,9-11H,4,7-8H2,1-3H3,(H,22,25). The van der Waals surface area contributed by atoms with Gasteiger partial charge in [0.15, 0.2) is 17.2 Å². The van der Waals surface area contributed by atoms with Gasteiger partial charge in [-0.2, -0.15) is 0 Å². The van der Waals surface area contributed by atoms with Gasteiger partial charge in [0.25, 0.3) is 5.91 Å². The molecular weight excluding hydrogens is 358 g/mol. The van der Waals surface area contributed by atoms with Gasteiger partial charge in [-0.1, -0.05) is 0 Å². The Morgan fingerprint density at radius 2 is 1.71 bits per heavy atom. The highest BCUT2D eigenvalue weighted by Gasteiger charge is 2.20. The van der Waals surface area contributed by atoms with Crippen molar-refractivity contribution in [2.45, 2.75) is 20.8 Å². The molecule has 2 heterocycles. The van der Waals surface area contributed by atoms with Crippen molar-refractivity contribution in [2.75, 3.05) is 25.1 Å². The maximum Gasteiger partial charge on any atom is 0.279 e. The molecule has 1 amide bonds. The summed E-state index contributed by atoms with van der Waals surface area (Å²) in [4.78, 5) is 21.9. The van der Waals surface area contributed by atoms with Crippen molar-refractivity contribution in [3.05, 3.63) is 47.2 Å². The highest BCUT2D eigenvalue weighted by molar-refractivity contribution is 6.05. The molecule has 0 atom stereocenters. The molecular formula is C21H21N3O4. The van der Waals surface area contributed by atoms with Crippen LogP contribution in [0.4, 0.5) is 5.69 Å². The Labute approximate surface area is 162 Å². The first-order chi connectivity index (χ1) is 13.5. The van der Waals surface area contributed by atoms with Crippen molar-refractivity contribution in [3.8, 4) is 17.4 Å². The quantitative estimate of drug-likeness (QED) is 0.745. The number of hydrogen-bond donors (Lipinski definition) is 1. The fraction of sp³-hybridized carbons (Fsp3) is 0.286. The topological polar surface area (TPSA) is 82.6 Å². The Morgan fingerprint density at radius 3 is 2.43 bits per heavy atom. The number of amides is 1. The van der Waals surface area contributed by atoms with Crippen LogP contribution in [0.25, 0.3) is 11.0 Å². The summed E-state index contributed by atoms with van der Waals surface area (Å²) in [6.45, 7) is 7.24. The minimum absolute atomic E-state index is 0.146. The number of nitrogens with one attached hydrogen (secondary N) is 1. The molecule has 1 aromatic heterocycles. The molecule has 4 rings (SSSR count). The lowest BCUT2D eigenvalue weighted by Crippen LogP contribution is -2.18. The van der Waals surface area contributed by atoms with Crippen molar-refractivity contribution in [2.24, 2.45) is 0 Å². The second-order valence-electron chi connectivity index (χ2n) is 6.55. The zero-order valence-electron chi connectivity index (χ0n) is 16.0. The number of aromatic nitrogens is 2. The number of ether oxygens (including phenoxy) is 3. The number of benzene rings is 2. The lowest BCUT2D eigenvalue weighted by molar-refractivity contribution is 0.101. The average Bonchev–Trinajstić information content (AvgIpc) is 2.69. The monoisotopic (exact) mass is 379 g/mol. The Hall–Kier alpha value is -3.35. The number of aryl methyl sites for hydroxylation is 2. The van der Waals surface area contributed by atoms with Gasteiger partial charge in [0.1, 0.15) is 13.2 Å². The first-order valence-corrected chi connectivity index (χ1v) is 9.18. The minimum atomic E-state index is -0.396. The number of rotatable bonds is 4. The number of anilines is 1. The Balaban J connectivity index is 1.69. The third kappa shape index (κ3) is 3.43. The number of hydrogen-bond acceptors (Lipinski definition) is 6. The van der Waals surface area contributed by atoms with Gasteiger partial charge in [-0.3, -0.25) is 4.79 Å². The second kappa shape index (κ2) is 7.34. The van der Waals surface area contributed by atoms with E-state index in [4.69, 9.17) is 14.2 Å². The van der Waals surface area contributed by atoms with Crippen LogP contribution in [0.15, 0.2) is 30.3 Å². The van der Waals surface area contributed by atoms with E-state index in [2.05, 4.69) is 15.3 Å². The summed E-state index contributed by atoms with van der Waals surface area (Å²) in [5.74, 6) is 1.08. The van der Waals surface area contributed by atoms with Crippen molar-refractivity contribution in [1.82, 2.24) is 9.97 Å². The summed E-state index contributed by atoms with van der Waals surface area (Å²) >= 11 is 0. The molecule has 1 aliphatic rings. The van der Waals surface area contributed by atoms with Gasteiger partial charge in [-0.05, 0) is 56.2 Å². The van der Waals surface area contributed by atoms with E-state index in [1.54, 1.807) is 18.2 Å². The van der Waals surface area contributed by atoms with Crippen LogP contribution in [0.1, 0.15) is 28.5 Å². The Bertz CT molecular complexity index is 1070. The molecule has 0 radical (unpaired) electrons. The summed E-state index contributed by atoms with van der Waals surface area (Å²) in [5, 5.41) is 2.84. The third-order valence-corrected chi connectivity index (χ3v) is 4.54. The molecule has 0 fully saturated rings. The lowest BCUT2D eigenvalue weighted by atomic mass is 10.1. The molecule has 3 aromatic rings. The summed E-state index contributed by atoms with van der Waals surface area (Å²) in [6, 6.07) is 9.13. The molecule has 0 saturated heterocycles. The van der Waals surface area contributed by atoms with Gasteiger partial charge < -0.3 is 19.5 Å². The molecule has 0 bridgehead atoms. The van der Waals surface area contributed by atoms with Crippen LogP contribution in [0, 0.1) is 13.8 Å². The fourth-order valence-electron chi connectivity index (χ4n) is 2.99. The molecule has 0 saturated carbocycles. The Morgan fingerprint density at radius 1 is 1.04 bits per heavy atom. The van der Waals surface area contributed by atoms with E-state index < -0.39 is 5.91 Å². The minimum Gasteiger partial charge on any atom is -0.486 e. The van der Waals surface area contributed by atoms with Crippen molar-refractivity contribution in [3.63, 3.8) is 0 Å². The van der Waals surface area contributed by atoms with Gasteiger partial charge in [0.05, 0.1) is 17.6 Å². The van der Waals surface area contributed by atoms with Crippen LogP contribution < -0.4 is 19.5 Å². The fourth-order valence-corrected chi connectivity index (χ4v) is 2.99. The zero-order chi connectivity index (χ0) is 19.7. The van der Waals surface area contributed by atoms with E-state index in [1.165, 1.54) is 0 Å². The van der Waals surface area contributed by atoms with Crippen molar-refractivity contribution in [1.29, 1.82) is 0 Å². The smallest absolute Gasteiger partial charge is 0.279 e. The SMILES string of the molecule is CCOc1nc2cc(C)c(C)cc2nc1C(=O)Nc1ccc2c(c1)OCCO2.